The van der Waals surface area contributed by atoms with Crippen molar-refractivity contribution >= 4 is 10.0 Å². The highest BCUT2D eigenvalue weighted by atomic mass is 32.2. The molecule has 0 aliphatic heterocycles. The molecule has 0 amide bonds. The topological polar surface area (TPSA) is 86.9 Å². The van der Waals surface area contributed by atoms with Gasteiger partial charge < -0.3 is 5.32 Å². The Labute approximate surface area is 115 Å². The van der Waals surface area contributed by atoms with E-state index < -0.39 is 15.6 Å². The van der Waals surface area contributed by atoms with Crippen LogP contribution < -0.4 is 10.0 Å². The number of nitrogens with zero attached hydrogens (tertiary/aromatic N) is 1. The summed E-state index contributed by atoms with van der Waals surface area (Å²) >= 11 is 0. The molecule has 0 spiro atoms. The maximum atomic E-state index is 12.3. The summed E-state index contributed by atoms with van der Waals surface area (Å²) in [6, 6.07) is 0.283. The van der Waals surface area contributed by atoms with Crippen molar-refractivity contribution in [3.05, 3.63) is 11.8 Å². The fourth-order valence-corrected chi connectivity index (χ4v) is 3.08. The van der Waals surface area contributed by atoms with Crippen LogP contribution in [0.1, 0.15) is 46.6 Å². The number of nitrogens with one attached hydrogen (secondary N) is 3. The van der Waals surface area contributed by atoms with Crippen molar-refractivity contribution in [3.8, 4) is 0 Å². The van der Waals surface area contributed by atoms with Crippen LogP contribution in [0.25, 0.3) is 0 Å². The lowest BCUT2D eigenvalue weighted by Gasteiger charge is -2.24. The Morgan fingerprint density at radius 3 is 2.58 bits per heavy atom. The molecule has 6 nitrogen and oxygen atoms in total. The quantitative estimate of drug-likeness (QED) is 0.707. The number of hydrogen-bond donors (Lipinski definition) is 3. The third-order valence-corrected chi connectivity index (χ3v) is 4.65. The molecule has 7 heteroatoms. The molecule has 1 heterocycles. The highest BCUT2D eigenvalue weighted by molar-refractivity contribution is 7.89. The summed E-state index contributed by atoms with van der Waals surface area (Å²) in [5.74, 6) is 0. The second kappa shape index (κ2) is 6.02. The molecule has 1 rings (SSSR count). The van der Waals surface area contributed by atoms with Crippen molar-refractivity contribution < 1.29 is 8.42 Å². The molecule has 0 saturated carbocycles. The Balaban J connectivity index is 2.93. The van der Waals surface area contributed by atoms with Gasteiger partial charge >= 0.3 is 0 Å². The summed E-state index contributed by atoms with van der Waals surface area (Å²) in [5.41, 5.74) is 0.167. The van der Waals surface area contributed by atoms with Gasteiger partial charge in [0.05, 0.1) is 6.20 Å². The molecule has 0 aliphatic rings. The van der Waals surface area contributed by atoms with Gasteiger partial charge in [-0.05, 0) is 20.3 Å². The van der Waals surface area contributed by atoms with Crippen LogP contribution in [0.2, 0.25) is 0 Å². The van der Waals surface area contributed by atoms with Crippen LogP contribution in [0.5, 0.6) is 0 Å². The Bertz CT molecular complexity index is 506. The van der Waals surface area contributed by atoms with Gasteiger partial charge in [-0.3, -0.25) is 5.10 Å². The molecule has 0 aliphatic carbocycles. The number of hydrogen-bond acceptors (Lipinski definition) is 4. The van der Waals surface area contributed by atoms with Crippen molar-refractivity contribution in [1.82, 2.24) is 20.2 Å². The van der Waals surface area contributed by atoms with Gasteiger partial charge in [0, 0.05) is 23.7 Å². The van der Waals surface area contributed by atoms with Crippen LogP contribution in [0.15, 0.2) is 11.2 Å². The van der Waals surface area contributed by atoms with Crippen molar-refractivity contribution in [1.29, 1.82) is 0 Å². The Morgan fingerprint density at radius 1 is 1.42 bits per heavy atom. The second-order valence-corrected chi connectivity index (χ2v) is 7.22. The fourth-order valence-electron chi connectivity index (χ4n) is 1.46. The minimum absolute atomic E-state index is 0.141. The minimum Gasteiger partial charge on any atom is -0.310 e. The van der Waals surface area contributed by atoms with Gasteiger partial charge in [0.1, 0.15) is 0 Å². The maximum Gasteiger partial charge on any atom is 0.258 e. The zero-order chi connectivity index (χ0) is 14.7. The highest BCUT2D eigenvalue weighted by Crippen LogP contribution is 2.16. The van der Waals surface area contributed by atoms with Gasteiger partial charge in [-0.15, -0.1) is 0 Å². The lowest BCUT2D eigenvalue weighted by molar-refractivity contribution is 0.437. The Hall–Kier alpha value is -0.920. The van der Waals surface area contributed by atoms with Crippen LogP contribution in [0, 0.1) is 0 Å². The summed E-state index contributed by atoms with van der Waals surface area (Å²) in [4.78, 5) is 0. The first kappa shape index (κ1) is 16.1. The highest BCUT2D eigenvalue weighted by Gasteiger charge is 2.27. The summed E-state index contributed by atoms with van der Waals surface area (Å²) in [6.45, 7) is 10.1. The van der Waals surface area contributed by atoms with Gasteiger partial charge in [0.2, 0.25) is 0 Å². The molecular weight excluding hydrogens is 264 g/mol. The van der Waals surface area contributed by atoms with E-state index in [0.717, 1.165) is 0 Å². The zero-order valence-electron chi connectivity index (χ0n) is 12.2. The first-order valence-electron chi connectivity index (χ1n) is 6.47. The molecule has 3 N–H and O–H groups in total. The molecule has 0 unspecified atom stereocenters. The Morgan fingerprint density at radius 2 is 2.05 bits per heavy atom. The van der Waals surface area contributed by atoms with E-state index >= 15 is 0 Å². The summed E-state index contributed by atoms with van der Waals surface area (Å²) < 4.78 is 27.3. The van der Waals surface area contributed by atoms with Gasteiger partial charge in [-0.2, -0.15) is 5.10 Å². The van der Waals surface area contributed by atoms with E-state index in [-0.39, 0.29) is 11.1 Å². The predicted molar refractivity (Wildman–Crippen MR) is 75.3 cm³/mol. The lowest BCUT2D eigenvalue weighted by atomic mass is 10.0. The fraction of sp³-hybridized carbons (Fsp3) is 0.750. The molecule has 0 saturated heterocycles. The first-order valence-corrected chi connectivity index (χ1v) is 7.96. The largest absolute Gasteiger partial charge is 0.310 e. The van der Waals surface area contributed by atoms with Crippen molar-refractivity contribution in [3.63, 3.8) is 0 Å². The molecule has 0 aromatic carbocycles. The third-order valence-electron chi connectivity index (χ3n) is 2.94. The van der Waals surface area contributed by atoms with Crippen molar-refractivity contribution in [2.45, 2.75) is 64.2 Å². The Kier molecular flexibility index (Phi) is 5.11. The van der Waals surface area contributed by atoms with Crippen LogP contribution in [-0.4, -0.2) is 30.2 Å². The van der Waals surface area contributed by atoms with E-state index in [2.05, 4.69) is 20.2 Å². The standard InChI is InChI=1S/C12H24N4O2S/c1-6-12(4,5)16-19(17,18)11-10(8-14-15-11)7-13-9(2)3/h8-9,13,16H,6-7H2,1-5H3,(H,14,15). The van der Waals surface area contributed by atoms with Gasteiger partial charge in [-0.25, -0.2) is 13.1 Å². The van der Waals surface area contributed by atoms with Crippen LogP contribution in [-0.2, 0) is 16.6 Å². The van der Waals surface area contributed by atoms with E-state index in [4.69, 9.17) is 0 Å². The lowest BCUT2D eigenvalue weighted by Crippen LogP contribution is -2.43. The van der Waals surface area contributed by atoms with Crippen LogP contribution in [0.4, 0.5) is 0 Å². The van der Waals surface area contributed by atoms with Crippen molar-refractivity contribution in [2.24, 2.45) is 0 Å². The molecule has 1 aromatic heterocycles. The third kappa shape index (κ3) is 4.59. The summed E-state index contributed by atoms with van der Waals surface area (Å²) in [7, 11) is -3.57. The van der Waals surface area contributed by atoms with Gasteiger partial charge in [0.15, 0.2) is 5.03 Å². The van der Waals surface area contributed by atoms with E-state index in [9.17, 15) is 8.42 Å². The summed E-state index contributed by atoms with van der Waals surface area (Å²) in [6.07, 6.45) is 2.25. The van der Waals surface area contributed by atoms with E-state index in [0.29, 0.717) is 18.5 Å². The van der Waals surface area contributed by atoms with Crippen LogP contribution in [0.3, 0.4) is 0 Å². The average molecular weight is 288 g/mol. The molecule has 0 fully saturated rings. The molecule has 19 heavy (non-hydrogen) atoms. The number of sulfonamides is 1. The smallest absolute Gasteiger partial charge is 0.258 e. The van der Waals surface area contributed by atoms with Crippen LogP contribution >= 0.6 is 0 Å². The number of rotatable bonds is 7. The van der Waals surface area contributed by atoms with E-state index in [1.807, 2.05) is 34.6 Å². The number of aromatic nitrogens is 2. The van der Waals surface area contributed by atoms with E-state index in [1.54, 1.807) is 6.20 Å². The van der Waals surface area contributed by atoms with E-state index in [1.165, 1.54) is 0 Å². The number of aromatic amines is 1. The minimum atomic E-state index is -3.57. The van der Waals surface area contributed by atoms with Crippen molar-refractivity contribution in [2.75, 3.05) is 0 Å². The SMILES string of the molecule is CCC(C)(C)NS(=O)(=O)c1[nH]ncc1CNC(C)C. The molecule has 0 bridgehead atoms. The normalized spacial score (nSPS) is 13.2. The van der Waals surface area contributed by atoms with Gasteiger partial charge in [0.25, 0.3) is 10.0 Å². The first-order chi connectivity index (χ1) is 8.68. The molecule has 110 valence electrons. The predicted octanol–water partition coefficient (Wildman–Crippen LogP) is 1.37. The van der Waals surface area contributed by atoms with Gasteiger partial charge in [-0.1, -0.05) is 20.8 Å². The monoisotopic (exact) mass is 288 g/mol. The zero-order valence-corrected chi connectivity index (χ0v) is 13.1. The average Bonchev–Trinajstić information content (AvgIpc) is 2.74. The molecule has 1 aromatic rings. The summed E-state index contributed by atoms with van der Waals surface area (Å²) in [5, 5.41) is 9.74. The second-order valence-electron chi connectivity index (χ2n) is 5.60. The maximum absolute atomic E-state index is 12.3. The molecule has 0 radical (unpaired) electrons. The molecular formula is C12H24N4O2S. The number of H-pyrrole nitrogens is 1. The molecule has 0 atom stereocenters.